The summed E-state index contributed by atoms with van der Waals surface area (Å²) in [5, 5.41) is 10.9. The van der Waals surface area contributed by atoms with E-state index in [2.05, 4.69) is 20.9 Å². The number of aromatic hydroxyl groups is 1. The Hall–Kier alpha value is -2.88. The number of thiazole rings is 1. The summed E-state index contributed by atoms with van der Waals surface area (Å²) in [6.45, 7) is 6.67. The zero-order valence-electron chi connectivity index (χ0n) is 20.2. The molecule has 36 heavy (non-hydrogen) atoms. The minimum absolute atomic E-state index is 0.0277. The number of nitrogens with zero attached hydrogens (tertiary/aromatic N) is 3. The van der Waals surface area contributed by atoms with Gasteiger partial charge in [-0.05, 0) is 61.0 Å². The first-order valence-corrected chi connectivity index (χ1v) is 13.3. The summed E-state index contributed by atoms with van der Waals surface area (Å²) in [5.41, 5.74) is 1.72. The molecule has 0 saturated heterocycles. The molecule has 3 aromatic rings. The first-order chi connectivity index (χ1) is 17.2. The second-order valence-electron chi connectivity index (χ2n) is 8.13. The van der Waals surface area contributed by atoms with Gasteiger partial charge in [-0.25, -0.2) is 4.99 Å². The Bertz CT molecular complexity index is 1560. The molecule has 1 atom stereocenters. The quantitative estimate of drug-likeness (QED) is 0.466. The molecule has 0 bridgehead atoms. The Morgan fingerprint density at radius 1 is 1.31 bits per heavy atom. The van der Waals surface area contributed by atoms with E-state index in [1.54, 1.807) is 37.1 Å². The SMILES string of the molecule is CCN(CC)C(=O)C1=C(C)N=c2s/c(=C/c3cc(Cl)cc(Br)c3O)c(=O)n2[C@H]1c1ccccc1OC. The Kier molecular flexibility index (Phi) is 7.73. The Morgan fingerprint density at radius 3 is 2.67 bits per heavy atom. The van der Waals surface area contributed by atoms with Gasteiger partial charge in [0, 0.05) is 29.2 Å². The molecule has 2 heterocycles. The number of amides is 1. The number of carbonyl (C=O) groups excluding carboxylic acids is 1. The maximum absolute atomic E-state index is 13.8. The van der Waals surface area contributed by atoms with Gasteiger partial charge >= 0.3 is 0 Å². The van der Waals surface area contributed by atoms with Crippen molar-refractivity contribution in [2.75, 3.05) is 20.2 Å². The number of phenols is 1. The molecule has 10 heteroatoms. The summed E-state index contributed by atoms with van der Waals surface area (Å²) >= 11 is 10.6. The largest absolute Gasteiger partial charge is 0.506 e. The second kappa shape index (κ2) is 10.6. The van der Waals surface area contributed by atoms with Crippen LogP contribution >= 0.6 is 38.9 Å². The van der Waals surface area contributed by atoms with E-state index in [9.17, 15) is 14.7 Å². The van der Waals surface area contributed by atoms with E-state index in [-0.39, 0.29) is 17.2 Å². The lowest BCUT2D eigenvalue weighted by Gasteiger charge is -2.29. The van der Waals surface area contributed by atoms with Crippen molar-refractivity contribution in [2.45, 2.75) is 26.8 Å². The van der Waals surface area contributed by atoms with Crippen LogP contribution in [-0.2, 0) is 4.79 Å². The first kappa shape index (κ1) is 26.2. The smallest absolute Gasteiger partial charge is 0.271 e. The highest BCUT2D eigenvalue weighted by atomic mass is 79.9. The van der Waals surface area contributed by atoms with Crippen molar-refractivity contribution in [2.24, 2.45) is 4.99 Å². The lowest BCUT2D eigenvalue weighted by Crippen LogP contribution is -2.43. The van der Waals surface area contributed by atoms with Gasteiger partial charge in [-0.3, -0.25) is 14.2 Å². The highest BCUT2D eigenvalue weighted by Gasteiger charge is 2.35. The van der Waals surface area contributed by atoms with Gasteiger partial charge in [0.05, 0.1) is 27.4 Å². The number of allylic oxidation sites excluding steroid dienone is 1. The van der Waals surface area contributed by atoms with Crippen LogP contribution < -0.4 is 19.6 Å². The average Bonchev–Trinajstić information content (AvgIpc) is 3.16. The zero-order chi connectivity index (χ0) is 26.1. The van der Waals surface area contributed by atoms with Gasteiger partial charge in [0.25, 0.3) is 11.5 Å². The van der Waals surface area contributed by atoms with E-state index in [4.69, 9.17) is 16.3 Å². The van der Waals surface area contributed by atoms with Gasteiger partial charge in [0.1, 0.15) is 17.5 Å². The molecule has 1 aromatic heterocycles. The molecular weight excluding hydrogens is 566 g/mol. The second-order valence-corrected chi connectivity index (χ2v) is 10.4. The van der Waals surface area contributed by atoms with Crippen LogP contribution in [0.3, 0.4) is 0 Å². The molecule has 7 nitrogen and oxygen atoms in total. The molecule has 2 aromatic carbocycles. The predicted octanol–water partition coefficient (Wildman–Crippen LogP) is 4.23. The number of methoxy groups -OCH3 is 1. The van der Waals surface area contributed by atoms with E-state index < -0.39 is 6.04 Å². The average molecular weight is 591 g/mol. The molecule has 0 unspecified atom stereocenters. The van der Waals surface area contributed by atoms with Crippen molar-refractivity contribution in [3.63, 3.8) is 0 Å². The number of rotatable bonds is 6. The van der Waals surface area contributed by atoms with Crippen LogP contribution in [0.25, 0.3) is 6.08 Å². The molecular formula is C26H25BrClN3O4S. The molecule has 0 spiro atoms. The summed E-state index contributed by atoms with van der Waals surface area (Å²) in [4.78, 5) is 34.4. The molecule has 0 aliphatic carbocycles. The standard InChI is InChI=1S/C26H25BrClN3O4S/c1-5-30(6-2)25(34)21-14(3)29-26-31(22(21)17-9-7-8-10-19(17)35-4)24(33)20(36-26)12-15-11-16(28)13-18(27)23(15)32/h7-13,22,32H,5-6H2,1-4H3/b20-12+/t22-/m0/s1. The van der Waals surface area contributed by atoms with Crippen LogP contribution in [0.4, 0.5) is 0 Å². The fourth-order valence-electron chi connectivity index (χ4n) is 4.30. The van der Waals surface area contributed by atoms with Gasteiger partial charge < -0.3 is 14.7 Å². The fourth-order valence-corrected chi connectivity index (χ4v) is 6.17. The van der Waals surface area contributed by atoms with Crippen molar-refractivity contribution in [1.29, 1.82) is 0 Å². The number of ether oxygens (including phenoxy) is 1. The Labute approximate surface area is 225 Å². The van der Waals surface area contributed by atoms with E-state index in [1.165, 1.54) is 15.9 Å². The van der Waals surface area contributed by atoms with Crippen molar-refractivity contribution >= 4 is 50.9 Å². The van der Waals surface area contributed by atoms with Crippen LogP contribution in [0.1, 0.15) is 37.9 Å². The van der Waals surface area contributed by atoms with Gasteiger partial charge in [-0.2, -0.15) is 0 Å². The highest BCUT2D eigenvalue weighted by molar-refractivity contribution is 9.10. The molecule has 1 N–H and O–H groups in total. The van der Waals surface area contributed by atoms with Crippen LogP contribution in [0.5, 0.6) is 11.5 Å². The van der Waals surface area contributed by atoms with E-state index in [0.29, 0.717) is 60.1 Å². The number of halogens is 2. The maximum atomic E-state index is 13.8. The normalized spacial score (nSPS) is 15.5. The molecule has 0 radical (unpaired) electrons. The summed E-state index contributed by atoms with van der Waals surface area (Å²) in [7, 11) is 1.56. The van der Waals surface area contributed by atoms with E-state index in [1.807, 2.05) is 38.1 Å². The van der Waals surface area contributed by atoms with Crippen molar-refractivity contribution in [1.82, 2.24) is 9.47 Å². The number of fused-ring (bicyclic) bond motifs is 1. The van der Waals surface area contributed by atoms with Crippen LogP contribution in [0, 0.1) is 0 Å². The Morgan fingerprint density at radius 2 is 2.00 bits per heavy atom. The van der Waals surface area contributed by atoms with Gasteiger partial charge in [0.15, 0.2) is 4.80 Å². The van der Waals surface area contributed by atoms with E-state index >= 15 is 0 Å². The van der Waals surface area contributed by atoms with Gasteiger partial charge in [0.2, 0.25) is 0 Å². The van der Waals surface area contributed by atoms with Gasteiger partial charge in [-0.1, -0.05) is 41.1 Å². The number of para-hydroxylation sites is 1. The number of benzene rings is 2. The number of phenolic OH excluding ortho intramolecular Hbond substituents is 1. The third-order valence-electron chi connectivity index (χ3n) is 6.08. The van der Waals surface area contributed by atoms with Crippen molar-refractivity contribution in [3.05, 3.63) is 88.0 Å². The molecule has 1 aliphatic heterocycles. The lowest BCUT2D eigenvalue weighted by atomic mass is 9.94. The van der Waals surface area contributed by atoms with Gasteiger partial charge in [-0.15, -0.1) is 0 Å². The third-order valence-corrected chi connectivity index (χ3v) is 7.89. The molecule has 1 amide bonds. The van der Waals surface area contributed by atoms with E-state index in [0.717, 1.165) is 0 Å². The maximum Gasteiger partial charge on any atom is 0.271 e. The number of hydrogen-bond donors (Lipinski definition) is 1. The topological polar surface area (TPSA) is 84.1 Å². The number of likely N-dealkylation sites (N-methyl/N-ethyl adjacent to an activating group) is 1. The molecule has 188 valence electrons. The molecule has 0 fully saturated rings. The number of hydrogen-bond acceptors (Lipinski definition) is 6. The summed E-state index contributed by atoms with van der Waals surface area (Å²) in [6, 6.07) is 9.78. The Balaban J connectivity index is 2.02. The summed E-state index contributed by atoms with van der Waals surface area (Å²) in [6.07, 6.45) is 1.58. The fraction of sp³-hybridized carbons (Fsp3) is 0.269. The first-order valence-electron chi connectivity index (χ1n) is 11.3. The monoisotopic (exact) mass is 589 g/mol. The third kappa shape index (κ3) is 4.63. The molecule has 1 aliphatic rings. The van der Waals surface area contributed by atoms with Crippen molar-refractivity contribution < 1.29 is 14.6 Å². The minimum Gasteiger partial charge on any atom is -0.506 e. The van der Waals surface area contributed by atoms with Crippen LogP contribution in [-0.4, -0.2) is 40.7 Å². The van der Waals surface area contributed by atoms with Crippen LogP contribution in [0.15, 0.2) is 61.9 Å². The number of aromatic nitrogens is 1. The number of carbonyl (C=O) groups is 1. The highest BCUT2D eigenvalue weighted by Crippen LogP contribution is 2.36. The zero-order valence-corrected chi connectivity index (χ0v) is 23.4. The summed E-state index contributed by atoms with van der Waals surface area (Å²) in [5.74, 6) is 0.357. The predicted molar refractivity (Wildman–Crippen MR) is 146 cm³/mol. The lowest BCUT2D eigenvalue weighted by molar-refractivity contribution is -0.127. The molecule has 0 saturated carbocycles. The van der Waals surface area contributed by atoms with Crippen LogP contribution in [0.2, 0.25) is 5.02 Å². The summed E-state index contributed by atoms with van der Waals surface area (Å²) < 4.78 is 7.93. The van der Waals surface area contributed by atoms with Crippen molar-refractivity contribution in [3.8, 4) is 11.5 Å². The minimum atomic E-state index is -0.729. The molecule has 4 rings (SSSR count).